The second kappa shape index (κ2) is 5.05. The van der Waals surface area contributed by atoms with Gasteiger partial charge in [0, 0.05) is 9.49 Å². The van der Waals surface area contributed by atoms with Gasteiger partial charge in [-0.05, 0) is 47.1 Å². The van der Waals surface area contributed by atoms with Crippen molar-refractivity contribution in [1.82, 2.24) is 5.32 Å². The van der Waals surface area contributed by atoms with E-state index in [4.69, 9.17) is 5.11 Å². The zero-order chi connectivity index (χ0) is 13.3. The molecule has 1 aliphatic carbocycles. The average Bonchev–Trinajstić information content (AvgIpc) is 3.03. The van der Waals surface area contributed by atoms with Gasteiger partial charge in [-0.2, -0.15) is 0 Å². The fourth-order valence-corrected chi connectivity index (χ4v) is 3.44. The van der Waals surface area contributed by atoms with Crippen molar-refractivity contribution < 1.29 is 15.0 Å². The molecule has 0 heterocycles. The van der Waals surface area contributed by atoms with E-state index in [-0.39, 0.29) is 5.92 Å². The number of aliphatic hydroxyl groups excluding tert-OH is 1. The van der Waals surface area contributed by atoms with Crippen LogP contribution in [0.3, 0.4) is 0 Å². The van der Waals surface area contributed by atoms with Crippen LogP contribution in [0.5, 0.6) is 0 Å². The van der Waals surface area contributed by atoms with Crippen molar-refractivity contribution in [3.63, 3.8) is 0 Å². The van der Waals surface area contributed by atoms with Gasteiger partial charge in [-0.1, -0.05) is 25.1 Å². The zero-order valence-electron chi connectivity index (χ0n) is 10.1. The van der Waals surface area contributed by atoms with Crippen LogP contribution in [0.15, 0.2) is 24.3 Å². The van der Waals surface area contributed by atoms with Gasteiger partial charge in [-0.3, -0.25) is 0 Å². The number of rotatable bonds is 4. The molecule has 1 amide bonds. The van der Waals surface area contributed by atoms with Crippen LogP contribution >= 0.6 is 22.6 Å². The third-order valence-corrected chi connectivity index (χ3v) is 4.52. The number of hydrogen-bond donors (Lipinski definition) is 3. The first-order chi connectivity index (χ1) is 8.51. The summed E-state index contributed by atoms with van der Waals surface area (Å²) in [6.07, 6.45) is -0.209. The monoisotopic (exact) mass is 361 g/mol. The van der Waals surface area contributed by atoms with Crippen molar-refractivity contribution in [2.75, 3.05) is 0 Å². The molecule has 3 unspecified atom stereocenters. The molecule has 0 bridgehead atoms. The third kappa shape index (κ3) is 2.33. The van der Waals surface area contributed by atoms with E-state index < -0.39 is 17.7 Å². The Morgan fingerprint density at radius 2 is 2.28 bits per heavy atom. The first-order valence-electron chi connectivity index (χ1n) is 5.95. The summed E-state index contributed by atoms with van der Waals surface area (Å²) in [5.41, 5.74) is 0.351. The lowest BCUT2D eigenvalue weighted by atomic mass is 9.99. The predicted molar refractivity (Wildman–Crippen MR) is 76.4 cm³/mol. The lowest BCUT2D eigenvalue weighted by molar-refractivity contribution is 0.130. The number of benzene rings is 1. The van der Waals surface area contributed by atoms with Crippen LogP contribution in [-0.4, -0.2) is 22.4 Å². The molecule has 0 radical (unpaired) electrons. The predicted octanol–water partition coefficient (Wildman–Crippen LogP) is 2.54. The summed E-state index contributed by atoms with van der Waals surface area (Å²) >= 11 is 2.20. The molecule has 3 atom stereocenters. The first kappa shape index (κ1) is 13.6. The average molecular weight is 361 g/mol. The van der Waals surface area contributed by atoms with Crippen molar-refractivity contribution >= 4 is 28.7 Å². The molecule has 1 aromatic rings. The highest BCUT2D eigenvalue weighted by Crippen LogP contribution is 2.55. The molecule has 1 aliphatic rings. The van der Waals surface area contributed by atoms with Crippen molar-refractivity contribution in [1.29, 1.82) is 0 Å². The molecule has 0 saturated heterocycles. The summed E-state index contributed by atoms with van der Waals surface area (Å²) < 4.78 is 1.02. The molecular weight excluding hydrogens is 345 g/mol. The SMILES string of the molecule is CCC(O)C1CC1(NC(=O)O)c1ccccc1I. The zero-order valence-corrected chi connectivity index (χ0v) is 12.2. The number of aliphatic hydroxyl groups is 1. The normalized spacial score (nSPS) is 27.6. The lowest BCUT2D eigenvalue weighted by Gasteiger charge is -2.21. The number of carboxylic acid groups (broad SMARTS) is 1. The standard InChI is InChI=1S/C13H16INO3/c1-2-11(16)9-7-13(9,15-12(17)18)8-5-3-4-6-10(8)14/h3-6,9,11,15-16H,2,7H2,1H3,(H,17,18). The Morgan fingerprint density at radius 1 is 1.61 bits per heavy atom. The molecule has 5 heteroatoms. The van der Waals surface area contributed by atoms with Crippen LogP contribution in [0.1, 0.15) is 25.3 Å². The summed E-state index contributed by atoms with van der Waals surface area (Å²) in [7, 11) is 0. The van der Waals surface area contributed by atoms with E-state index >= 15 is 0 Å². The molecule has 1 saturated carbocycles. The van der Waals surface area contributed by atoms with Gasteiger partial charge in [0.05, 0.1) is 11.6 Å². The highest BCUT2D eigenvalue weighted by atomic mass is 127. The van der Waals surface area contributed by atoms with E-state index in [1.165, 1.54) is 0 Å². The van der Waals surface area contributed by atoms with E-state index in [0.29, 0.717) is 12.8 Å². The van der Waals surface area contributed by atoms with Gasteiger partial charge in [-0.25, -0.2) is 4.79 Å². The van der Waals surface area contributed by atoms with Crippen molar-refractivity contribution in [2.45, 2.75) is 31.4 Å². The van der Waals surface area contributed by atoms with Crippen LogP contribution in [0, 0.1) is 9.49 Å². The summed E-state index contributed by atoms with van der Waals surface area (Å²) in [4.78, 5) is 11.0. The smallest absolute Gasteiger partial charge is 0.405 e. The highest BCUT2D eigenvalue weighted by molar-refractivity contribution is 14.1. The molecule has 0 aromatic heterocycles. The second-order valence-corrected chi connectivity index (χ2v) is 5.83. The quantitative estimate of drug-likeness (QED) is 0.722. The molecule has 0 spiro atoms. The van der Waals surface area contributed by atoms with E-state index in [1.807, 2.05) is 31.2 Å². The fourth-order valence-electron chi connectivity index (χ4n) is 2.57. The maximum atomic E-state index is 11.0. The molecule has 18 heavy (non-hydrogen) atoms. The molecule has 3 N–H and O–H groups in total. The topological polar surface area (TPSA) is 69.6 Å². The van der Waals surface area contributed by atoms with E-state index in [2.05, 4.69) is 27.9 Å². The Kier molecular flexibility index (Phi) is 3.82. The molecule has 98 valence electrons. The summed E-state index contributed by atoms with van der Waals surface area (Å²) in [6.45, 7) is 1.91. The number of amides is 1. The molecule has 1 aromatic carbocycles. The van der Waals surface area contributed by atoms with Crippen LogP contribution in [0.25, 0.3) is 0 Å². The van der Waals surface area contributed by atoms with Crippen LogP contribution in [-0.2, 0) is 5.54 Å². The molecule has 0 aliphatic heterocycles. The molecule has 1 fully saturated rings. The Hall–Kier alpha value is -0.820. The Morgan fingerprint density at radius 3 is 2.83 bits per heavy atom. The van der Waals surface area contributed by atoms with Crippen molar-refractivity contribution in [3.8, 4) is 0 Å². The molecular formula is C13H16INO3. The minimum absolute atomic E-state index is 0.0329. The number of hydrogen-bond acceptors (Lipinski definition) is 2. The number of carbonyl (C=O) groups is 1. The van der Waals surface area contributed by atoms with Gasteiger partial charge in [0.2, 0.25) is 0 Å². The van der Waals surface area contributed by atoms with Gasteiger partial charge >= 0.3 is 6.09 Å². The van der Waals surface area contributed by atoms with Gasteiger partial charge in [0.25, 0.3) is 0 Å². The van der Waals surface area contributed by atoms with Crippen molar-refractivity contribution in [3.05, 3.63) is 33.4 Å². The summed E-state index contributed by atoms with van der Waals surface area (Å²) in [6, 6.07) is 7.71. The molecule has 4 nitrogen and oxygen atoms in total. The largest absolute Gasteiger partial charge is 0.465 e. The maximum Gasteiger partial charge on any atom is 0.405 e. The van der Waals surface area contributed by atoms with Crippen LogP contribution < -0.4 is 5.32 Å². The highest BCUT2D eigenvalue weighted by Gasteiger charge is 2.59. The van der Waals surface area contributed by atoms with Gasteiger partial charge < -0.3 is 15.5 Å². The minimum Gasteiger partial charge on any atom is -0.465 e. The maximum absolute atomic E-state index is 11.0. The van der Waals surface area contributed by atoms with Crippen molar-refractivity contribution in [2.24, 2.45) is 5.92 Å². The van der Waals surface area contributed by atoms with E-state index in [0.717, 1.165) is 9.13 Å². The number of halogens is 1. The second-order valence-electron chi connectivity index (χ2n) is 4.67. The van der Waals surface area contributed by atoms with Gasteiger partial charge in [0.1, 0.15) is 0 Å². The first-order valence-corrected chi connectivity index (χ1v) is 7.03. The Labute approximate surface area is 120 Å². The van der Waals surface area contributed by atoms with Crippen LogP contribution in [0.2, 0.25) is 0 Å². The fraction of sp³-hybridized carbons (Fsp3) is 0.462. The Bertz CT molecular complexity index is 465. The lowest BCUT2D eigenvalue weighted by Crippen LogP contribution is -2.38. The van der Waals surface area contributed by atoms with E-state index in [1.54, 1.807) is 0 Å². The number of nitrogens with one attached hydrogen (secondary N) is 1. The third-order valence-electron chi connectivity index (χ3n) is 3.58. The molecule has 2 rings (SSSR count). The summed E-state index contributed by atoms with van der Waals surface area (Å²) in [5, 5.41) is 21.6. The summed E-state index contributed by atoms with van der Waals surface area (Å²) in [5.74, 6) is -0.0329. The van der Waals surface area contributed by atoms with Gasteiger partial charge in [0.15, 0.2) is 0 Å². The Balaban J connectivity index is 2.34. The van der Waals surface area contributed by atoms with Crippen LogP contribution in [0.4, 0.5) is 4.79 Å². The van der Waals surface area contributed by atoms with Gasteiger partial charge in [-0.15, -0.1) is 0 Å². The minimum atomic E-state index is -1.04. The van der Waals surface area contributed by atoms with E-state index in [9.17, 15) is 9.90 Å².